The van der Waals surface area contributed by atoms with Crippen molar-refractivity contribution in [3.63, 3.8) is 0 Å². The Morgan fingerprint density at radius 3 is 2.73 bits per heavy atom. The molecule has 0 spiro atoms. The zero-order valence-electron chi connectivity index (χ0n) is 9.70. The van der Waals surface area contributed by atoms with Crippen LogP contribution in [0.25, 0.3) is 0 Å². The van der Waals surface area contributed by atoms with E-state index in [4.69, 9.17) is 5.11 Å². The fraction of sp³-hybridized carbons (Fsp3) is 0.909. The summed E-state index contributed by atoms with van der Waals surface area (Å²) in [5.41, 5.74) is 0. The van der Waals surface area contributed by atoms with E-state index in [0.29, 0.717) is 12.6 Å². The molecule has 1 aliphatic rings. The van der Waals surface area contributed by atoms with Crippen molar-refractivity contribution < 1.29 is 9.90 Å². The summed E-state index contributed by atoms with van der Waals surface area (Å²) in [5, 5.41) is 11.9. The average molecular weight is 214 g/mol. The average Bonchev–Trinajstić information content (AvgIpc) is 2.18. The number of rotatable bonds is 4. The van der Waals surface area contributed by atoms with Crippen molar-refractivity contribution in [2.24, 2.45) is 0 Å². The van der Waals surface area contributed by atoms with Gasteiger partial charge in [0.15, 0.2) is 0 Å². The smallest absolute Gasteiger partial charge is 0.217 e. The summed E-state index contributed by atoms with van der Waals surface area (Å²) >= 11 is 0. The van der Waals surface area contributed by atoms with Crippen LogP contribution in [0.4, 0.5) is 0 Å². The van der Waals surface area contributed by atoms with Gasteiger partial charge in [0.1, 0.15) is 0 Å². The lowest BCUT2D eigenvalue weighted by molar-refractivity contribution is -0.120. The summed E-state index contributed by atoms with van der Waals surface area (Å²) < 4.78 is 0. The van der Waals surface area contributed by atoms with E-state index in [1.54, 1.807) is 6.92 Å². The quantitative estimate of drug-likeness (QED) is 0.710. The molecule has 2 unspecified atom stereocenters. The van der Waals surface area contributed by atoms with E-state index in [1.165, 1.54) is 12.8 Å². The maximum atomic E-state index is 11.1. The second-order valence-corrected chi connectivity index (χ2v) is 4.36. The van der Waals surface area contributed by atoms with Crippen molar-refractivity contribution in [3.05, 3.63) is 0 Å². The summed E-state index contributed by atoms with van der Waals surface area (Å²) in [6.45, 7) is 2.43. The molecule has 4 nitrogen and oxygen atoms in total. The van der Waals surface area contributed by atoms with Gasteiger partial charge in [-0.2, -0.15) is 0 Å². The van der Waals surface area contributed by atoms with Crippen molar-refractivity contribution in [1.82, 2.24) is 10.2 Å². The van der Waals surface area contributed by atoms with Crippen LogP contribution in [0.3, 0.4) is 0 Å². The first kappa shape index (κ1) is 12.5. The Morgan fingerprint density at radius 2 is 2.13 bits per heavy atom. The molecule has 0 saturated heterocycles. The Morgan fingerprint density at radius 1 is 1.47 bits per heavy atom. The van der Waals surface area contributed by atoms with E-state index in [9.17, 15) is 4.79 Å². The Bertz CT molecular complexity index is 209. The molecule has 0 heterocycles. The lowest BCUT2D eigenvalue weighted by Gasteiger charge is -2.38. The van der Waals surface area contributed by atoms with Gasteiger partial charge in [0.05, 0.1) is 6.61 Å². The molecule has 1 saturated carbocycles. The third-order valence-corrected chi connectivity index (χ3v) is 3.14. The van der Waals surface area contributed by atoms with E-state index in [0.717, 1.165) is 12.8 Å². The van der Waals surface area contributed by atoms with E-state index in [-0.39, 0.29) is 18.6 Å². The topological polar surface area (TPSA) is 52.6 Å². The fourth-order valence-electron chi connectivity index (χ4n) is 2.39. The van der Waals surface area contributed by atoms with Crippen LogP contribution in [0.5, 0.6) is 0 Å². The molecule has 88 valence electrons. The summed E-state index contributed by atoms with van der Waals surface area (Å²) in [5.74, 6) is 0.0456. The van der Waals surface area contributed by atoms with Gasteiger partial charge in [0.25, 0.3) is 0 Å². The van der Waals surface area contributed by atoms with Gasteiger partial charge in [0.2, 0.25) is 5.91 Å². The number of likely N-dealkylation sites (N-methyl/N-ethyl adjacent to an activating group) is 1. The van der Waals surface area contributed by atoms with Crippen LogP contribution in [-0.2, 0) is 4.79 Å². The molecule has 0 aromatic rings. The largest absolute Gasteiger partial charge is 0.395 e. The van der Waals surface area contributed by atoms with E-state index >= 15 is 0 Å². The molecule has 4 heteroatoms. The van der Waals surface area contributed by atoms with Gasteiger partial charge in [-0.15, -0.1) is 0 Å². The SMILES string of the molecule is CC(=O)NC1CCCCC1N(C)CCO. The van der Waals surface area contributed by atoms with Gasteiger partial charge in [-0.25, -0.2) is 0 Å². The van der Waals surface area contributed by atoms with Gasteiger partial charge < -0.3 is 10.4 Å². The molecule has 1 aliphatic carbocycles. The minimum absolute atomic E-state index is 0.0456. The molecule has 1 rings (SSSR count). The summed E-state index contributed by atoms with van der Waals surface area (Å²) in [6, 6.07) is 0.641. The molecule has 1 fully saturated rings. The highest BCUT2D eigenvalue weighted by Crippen LogP contribution is 2.22. The van der Waals surface area contributed by atoms with E-state index in [2.05, 4.69) is 10.2 Å². The first-order valence-corrected chi connectivity index (χ1v) is 5.73. The molecule has 0 aromatic heterocycles. The first-order chi connectivity index (χ1) is 7.15. The Kier molecular flexibility index (Phi) is 5.05. The molecule has 0 radical (unpaired) electrons. The number of carbonyl (C=O) groups excluding carboxylic acids is 1. The number of hydrogen-bond acceptors (Lipinski definition) is 3. The molecule has 2 N–H and O–H groups in total. The van der Waals surface area contributed by atoms with Crippen LogP contribution in [0.15, 0.2) is 0 Å². The third-order valence-electron chi connectivity index (χ3n) is 3.14. The van der Waals surface area contributed by atoms with Crippen LogP contribution in [0.2, 0.25) is 0 Å². The number of aliphatic hydroxyl groups excluding tert-OH is 1. The Hall–Kier alpha value is -0.610. The Balaban J connectivity index is 2.52. The van der Waals surface area contributed by atoms with Crippen molar-refractivity contribution in [3.8, 4) is 0 Å². The molecular weight excluding hydrogens is 192 g/mol. The van der Waals surface area contributed by atoms with Crippen LogP contribution in [-0.4, -0.2) is 48.2 Å². The highest BCUT2D eigenvalue weighted by molar-refractivity contribution is 5.73. The molecule has 2 atom stereocenters. The molecule has 0 bridgehead atoms. The van der Waals surface area contributed by atoms with E-state index in [1.807, 2.05) is 7.05 Å². The maximum absolute atomic E-state index is 11.1. The number of nitrogens with zero attached hydrogens (tertiary/aromatic N) is 1. The predicted molar refractivity (Wildman–Crippen MR) is 59.6 cm³/mol. The zero-order chi connectivity index (χ0) is 11.3. The van der Waals surface area contributed by atoms with Crippen LogP contribution in [0.1, 0.15) is 32.6 Å². The fourth-order valence-corrected chi connectivity index (χ4v) is 2.39. The standard InChI is InChI=1S/C11H22N2O2/c1-9(15)12-10-5-3-4-6-11(10)13(2)7-8-14/h10-11,14H,3-8H2,1-2H3,(H,12,15). The van der Waals surface area contributed by atoms with Gasteiger partial charge in [-0.1, -0.05) is 12.8 Å². The molecule has 1 amide bonds. The lowest BCUT2D eigenvalue weighted by Crippen LogP contribution is -2.52. The van der Waals surface area contributed by atoms with Crippen LogP contribution >= 0.6 is 0 Å². The van der Waals surface area contributed by atoms with Gasteiger partial charge in [-0.05, 0) is 19.9 Å². The number of hydrogen-bond donors (Lipinski definition) is 2. The highest BCUT2D eigenvalue weighted by Gasteiger charge is 2.28. The van der Waals surface area contributed by atoms with Crippen molar-refractivity contribution >= 4 is 5.91 Å². The van der Waals surface area contributed by atoms with Gasteiger partial charge in [-0.3, -0.25) is 9.69 Å². The number of amides is 1. The maximum Gasteiger partial charge on any atom is 0.217 e. The second kappa shape index (κ2) is 6.08. The highest BCUT2D eigenvalue weighted by atomic mass is 16.3. The third kappa shape index (κ3) is 3.80. The van der Waals surface area contributed by atoms with Gasteiger partial charge in [0, 0.05) is 25.6 Å². The monoisotopic (exact) mass is 214 g/mol. The summed E-state index contributed by atoms with van der Waals surface area (Å²) in [6.07, 6.45) is 4.58. The minimum atomic E-state index is 0.0456. The van der Waals surface area contributed by atoms with Crippen molar-refractivity contribution in [2.75, 3.05) is 20.2 Å². The molecule has 0 aromatic carbocycles. The minimum Gasteiger partial charge on any atom is -0.395 e. The Labute approximate surface area is 91.6 Å². The number of aliphatic hydroxyl groups is 1. The number of carbonyl (C=O) groups is 1. The van der Waals surface area contributed by atoms with Crippen LogP contribution in [0, 0.1) is 0 Å². The lowest BCUT2D eigenvalue weighted by atomic mass is 9.89. The van der Waals surface area contributed by atoms with Crippen LogP contribution < -0.4 is 5.32 Å². The predicted octanol–water partition coefficient (Wildman–Crippen LogP) is 0.358. The normalized spacial score (nSPS) is 26.7. The van der Waals surface area contributed by atoms with Crippen molar-refractivity contribution in [2.45, 2.75) is 44.7 Å². The zero-order valence-corrected chi connectivity index (χ0v) is 9.70. The summed E-state index contributed by atoms with van der Waals surface area (Å²) in [4.78, 5) is 13.2. The first-order valence-electron chi connectivity index (χ1n) is 5.73. The van der Waals surface area contributed by atoms with Crippen molar-refractivity contribution in [1.29, 1.82) is 0 Å². The number of nitrogens with one attached hydrogen (secondary N) is 1. The molecule has 15 heavy (non-hydrogen) atoms. The molecule has 0 aliphatic heterocycles. The van der Waals surface area contributed by atoms with E-state index < -0.39 is 0 Å². The second-order valence-electron chi connectivity index (χ2n) is 4.36. The van der Waals surface area contributed by atoms with Gasteiger partial charge >= 0.3 is 0 Å². The molecular formula is C11H22N2O2. The summed E-state index contributed by atoms with van der Waals surface area (Å²) in [7, 11) is 2.01.